The van der Waals surface area contributed by atoms with Crippen LogP contribution in [0.4, 0.5) is 0 Å². The van der Waals surface area contributed by atoms with Crippen LogP contribution in [0.25, 0.3) is 0 Å². The predicted octanol–water partition coefficient (Wildman–Crippen LogP) is 3.04. The van der Waals surface area contributed by atoms with Crippen molar-refractivity contribution in [2.24, 2.45) is 5.92 Å². The lowest BCUT2D eigenvalue weighted by Gasteiger charge is -2.47. The normalized spacial score (nSPS) is 32.5. The number of nitrogens with one attached hydrogen (secondary N) is 1. The van der Waals surface area contributed by atoms with Gasteiger partial charge >= 0.3 is 0 Å². The van der Waals surface area contributed by atoms with Crippen molar-refractivity contribution >= 4 is 0 Å². The van der Waals surface area contributed by atoms with Crippen LogP contribution < -0.4 is 5.32 Å². The summed E-state index contributed by atoms with van der Waals surface area (Å²) in [7, 11) is 0. The van der Waals surface area contributed by atoms with Gasteiger partial charge in [-0.1, -0.05) is 13.3 Å². The molecule has 2 unspecified atom stereocenters. The van der Waals surface area contributed by atoms with Crippen molar-refractivity contribution in [2.45, 2.75) is 77.5 Å². The lowest BCUT2D eigenvalue weighted by molar-refractivity contribution is -0.0289. The maximum atomic E-state index is 5.94. The summed E-state index contributed by atoms with van der Waals surface area (Å²) >= 11 is 0. The van der Waals surface area contributed by atoms with Gasteiger partial charge in [0.25, 0.3) is 0 Å². The predicted molar refractivity (Wildman–Crippen MR) is 85.1 cm³/mol. The van der Waals surface area contributed by atoms with Crippen LogP contribution in [0.5, 0.6) is 0 Å². The SMILES string of the molecule is CCCC1CNC(C)(C2CC2)CN1CCOC(C)(C)C. The van der Waals surface area contributed by atoms with E-state index in [1.165, 1.54) is 32.2 Å². The van der Waals surface area contributed by atoms with E-state index in [0.717, 1.165) is 25.6 Å². The molecule has 0 amide bonds. The van der Waals surface area contributed by atoms with Crippen LogP contribution in [0.3, 0.4) is 0 Å². The molecule has 1 aliphatic carbocycles. The van der Waals surface area contributed by atoms with Gasteiger partial charge in [-0.2, -0.15) is 0 Å². The average Bonchev–Trinajstić information content (AvgIpc) is 3.15. The number of rotatable bonds is 6. The topological polar surface area (TPSA) is 24.5 Å². The zero-order valence-electron chi connectivity index (χ0n) is 14.2. The monoisotopic (exact) mass is 282 g/mol. The lowest BCUT2D eigenvalue weighted by Crippen LogP contribution is -2.64. The molecule has 0 aromatic heterocycles. The second kappa shape index (κ2) is 6.33. The summed E-state index contributed by atoms with van der Waals surface area (Å²) in [5.41, 5.74) is 0.320. The molecular formula is C17H34N2O. The van der Waals surface area contributed by atoms with Crippen molar-refractivity contribution in [2.75, 3.05) is 26.2 Å². The highest BCUT2D eigenvalue weighted by molar-refractivity contribution is 5.04. The van der Waals surface area contributed by atoms with Crippen LogP contribution >= 0.6 is 0 Å². The molecule has 2 atom stereocenters. The van der Waals surface area contributed by atoms with Crippen LogP contribution in [-0.4, -0.2) is 48.3 Å². The van der Waals surface area contributed by atoms with E-state index < -0.39 is 0 Å². The Morgan fingerprint density at radius 2 is 2.00 bits per heavy atom. The fourth-order valence-corrected chi connectivity index (χ4v) is 3.43. The summed E-state index contributed by atoms with van der Waals surface area (Å²) in [6.45, 7) is 15.4. The van der Waals surface area contributed by atoms with Crippen LogP contribution in [-0.2, 0) is 4.74 Å². The summed E-state index contributed by atoms with van der Waals surface area (Å²) in [4.78, 5) is 2.68. The lowest BCUT2D eigenvalue weighted by atomic mass is 9.90. The summed E-state index contributed by atoms with van der Waals surface area (Å²) < 4.78 is 5.94. The van der Waals surface area contributed by atoms with E-state index in [2.05, 4.69) is 44.8 Å². The summed E-state index contributed by atoms with van der Waals surface area (Å²) in [5.74, 6) is 0.899. The van der Waals surface area contributed by atoms with Crippen LogP contribution in [0.15, 0.2) is 0 Å². The van der Waals surface area contributed by atoms with E-state index in [1.54, 1.807) is 0 Å². The first-order valence-electron chi connectivity index (χ1n) is 8.47. The number of ether oxygens (including phenoxy) is 1. The Hall–Kier alpha value is -0.120. The minimum absolute atomic E-state index is 0.0198. The summed E-state index contributed by atoms with van der Waals surface area (Å²) in [6, 6.07) is 0.690. The molecular weight excluding hydrogens is 248 g/mol. The summed E-state index contributed by atoms with van der Waals surface area (Å²) in [6.07, 6.45) is 5.38. The maximum absolute atomic E-state index is 5.94. The molecule has 1 N–H and O–H groups in total. The van der Waals surface area contributed by atoms with Gasteiger partial charge in [0.2, 0.25) is 0 Å². The third-order valence-corrected chi connectivity index (χ3v) is 4.80. The Bertz CT molecular complexity index is 309. The average molecular weight is 282 g/mol. The molecule has 0 aromatic carbocycles. The Morgan fingerprint density at radius 3 is 2.55 bits per heavy atom. The zero-order chi connectivity index (χ0) is 14.8. The highest BCUT2D eigenvalue weighted by atomic mass is 16.5. The third kappa shape index (κ3) is 4.44. The van der Waals surface area contributed by atoms with Crippen LogP contribution in [0.2, 0.25) is 0 Å². The van der Waals surface area contributed by atoms with E-state index in [1.807, 2.05) is 0 Å². The highest BCUT2D eigenvalue weighted by Gasteiger charge is 2.45. The third-order valence-electron chi connectivity index (χ3n) is 4.80. The fraction of sp³-hybridized carbons (Fsp3) is 1.00. The Labute approximate surface area is 125 Å². The second-order valence-electron chi connectivity index (χ2n) is 7.95. The second-order valence-corrected chi connectivity index (χ2v) is 7.95. The molecule has 0 spiro atoms. The van der Waals surface area contributed by atoms with Crippen molar-refractivity contribution in [3.05, 3.63) is 0 Å². The van der Waals surface area contributed by atoms with Crippen molar-refractivity contribution in [1.29, 1.82) is 0 Å². The van der Waals surface area contributed by atoms with Crippen molar-refractivity contribution in [3.8, 4) is 0 Å². The van der Waals surface area contributed by atoms with E-state index in [0.29, 0.717) is 11.6 Å². The molecule has 2 fully saturated rings. The van der Waals surface area contributed by atoms with E-state index in [9.17, 15) is 0 Å². The first-order valence-corrected chi connectivity index (χ1v) is 8.47. The molecule has 0 bridgehead atoms. The van der Waals surface area contributed by atoms with E-state index >= 15 is 0 Å². The Morgan fingerprint density at radius 1 is 1.30 bits per heavy atom. The molecule has 20 heavy (non-hydrogen) atoms. The van der Waals surface area contributed by atoms with Gasteiger partial charge in [0.05, 0.1) is 12.2 Å². The van der Waals surface area contributed by atoms with Crippen LogP contribution in [0, 0.1) is 5.92 Å². The highest BCUT2D eigenvalue weighted by Crippen LogP contribution is 2.41. The maximum Gasteiger partial charge on any atom is 0.0600 e. The van der Waals surface area contributed by atoms with Gasteiger partial charge in [-0.3, -0.25) is 4.90 Å². The quantitative estimate of drug-likeness (QED) is 0.810. The van der Waals surface area contributed by atoms with Gasteiger partial charge in [0.1, 0.15) is 0 Å². The molecule has 1 saturated heterocycles. The van der Waals surface area contributed by atoms with Crippen LogP contribution in [0.1, 0.15) is 60.3 Å². The van der Waals surface area contributed by atoms with E-state index in [4.69, 9.17) is 4.74 Å². The largest absolute Gasteiger partial charge is 0.375 e. The summed E-state index contributed by atoms with van der Waals surface area (Å²) in [5, 5.41) is 3.85. The van der Waals surface area contributed by atoms with Gasteiger partial charge in [-0.15, -0.1) is 0 Å². The molecule has 3 nitrogen and oxygen atoms in total. The minimum Gasteiger partial charge on any atom is -0.375 e. The molecule has 2 rings (SSSR count). The van der Waals surface area contributed by atoms with Gasteiger partial charge in [0, 0.05) is 31.2 Å². The zero-order valence-corrected chi connectivity index (χ0v) is 14.2. The molecule has 118 valence electrons. The number of hydrogen-bond donors (Lipinski definition) is 1. The Kier molecular flexibility index (Phi) is 5.14. The molecule has 1 aliphatic heterocycles. The van der Waals surface area contributed by atoms with Gasteiger partial charge in [0.15, 0.2) is 0 Å². The van der Waals surface area contributed by atoms with Crippen molar-refractivity contribution in [1.82, 2.24) is 10.2 Å². The van der Waals surface area contributed by atoms with Gasteiger partial charge < -0.3 is 10.1 Å². The standard InChI is InChI=1S/C17H34N2O/c1-6-7-15-12-18-17(5,14-8-9-14)13-19(15)10-11-20-16(2,3)4/h14-15,18H,6-13H2,1-5H3. The first-order chi connectivity index (χ1) is 9.34. The fourth-order valence-electron chi connectivity index (χ4n) is 3.43. The number of hydrogen-bond acceptors (Lipinski definition) is 3. The molecule has 1 saturated carbocycles. The number of piperazine rings is 1. The smallest absolute Gasteiger partial charge is 0.0600 e. The minimum atomic E-state index is -0.0198. The molecule has 3 heteroatoms. The number of nitrogens with zero attached hydrogens (tertiary/aromatic N) is 1. The van der Waals surface area contributed by atoms with Crippen molar-refractivity contribution in [3.63, 3.8) is 0 Å². The molecule has 2 aliphatic rings. The molecule has 1 heterocycles. The Balaban J connectivity index is 1.89. The molecule has 0 aromatic rings. The van der Waals surface area contributed by atoms with Crippen molar-refractivity contribution < 1.29 is 4.74 Å². The van der Waals surface area contributed by atoms with Gasteiger partial charge in [-0.25, -0.2) is 0 Å². The van der Waals surface area contributed by atoms with E-state index in [-0.39, 0.29) is 5.60 Å². The van der Waals surface area contributed by atoms with Gasteiger partial charge in [-0.05, 0) is 52.9 Å². The molecule has 0 radical (unpaired) electrons. The first kappa shape index (κ1) is 16.3.